The van der Waals surface area contributed by atoms with Crippen molar-refractivity contribution in [2.75, 3.05) is 13.2 Å². The number of nitrogens with one attached hydrogen (secondary N) is 1. The molecule has 3 rings (SSSR count). The van der Waals surface area contributed by atoms with Crippen LogP contribution in [0.2, 0.25) is 0 Å². The van der Waals surface area contributed by atoms with E-state index in [1.54, 1.807) is 6.20 Å². The SMILES string of the molecule is O=C(NCc1ccc(-c2cccnc2)cc1)C1CCCOC1. The molecule has 0 saturated carbocycles. The van der Waals surface area contributed by atoms with Crippen LogP contribution in [0.25, 0.3) is 11.1 Å². The standard InChI is InChI=1S/C18H20N2O2/c21-18(17-4-2-10-22-13-17)20-11-14-5-7-15(8-6-14)16-3-1-9-19-12-16/h1,3,5-9,12,17H,2,4,10-11,13H2,(H,20,21). The summed E-state index contributed by atoms with van der Waals surface area (Å²) in [7, 11) is 0. The lowest BCUT2D eigenvalue weighted by molar-refractivity contribution is -0.129. The summed E-state index contributed by atoms with van der Waals surface area (Å²) in [4.78, 5) is 16.2. The summed E-state index contributed by atoms with van der Waals surface area (Å²) in [6.45, 7) is 1.88. The molecular formula is C18H20N2O2. The number of ether oxygens (including phenoxy) is 1. The number of hydrogen-bond acceptors (Lipinski definition) is 3. The van der Waals surface area contributed by atoms with Crippen molar-refractivity contribution in [2.24, 2.45) is 5.92 Å². The van der Waals surface area contributed by atoms with Crippen molar-refractivity contribution in [3.8, 4) is 11.1 Å². The van der Waals surface area contributed by atoms with Crippen LogP contribution in [0.1, 0.15) is 18.4 Å². The number of carbonyl (C=O) groups excluding carboxylic acids is 1. The Morgan fingerprint density at radius 2 is 2.09 bits per heavy atom. The molecule has 0 spiro atoms. The first-order valence-electron chi connectivity index (χ1n) is 7.68. The van der Waals surface area contributed by atoms with Gasteiger partial charge in [0.2, 0.25) is 5.91 Å². The highest BCUT2D eigenvalue weighted by molar-refractivity contribution is 5.78. The highest BCUT2D eigenvalue weighted by Crippen LogP contribution is 2.18. The van der Waals surface area contributed by atoms with Gasteiger partial charge in [-0.1, -0.05) is 30.3 Å². The molecule has 2 heterocycles. The number of benzene rings is 1. The van der Waals surface area contributed by atoms with Crippen molar-refractivity contribution in [3.63, 3.8) is 0 Å². The summed E-state index contributed by atoms with van der Waals surface area (Å²) in [6.07, 6.45) is 5.51. The van der Waals surface area contributed by atoms with Gasteiger partial charge in [0.1, 0.15) is 0 Å². The van der Waals surface area contributed by atoms with Crippen molar-refractivity contribution in [2.45, 2.75) is 19.4 Å². The fraction of sp³-hybridized carbons (Fsp3) is 0.333. The molecule has 1 aromatic carbocycles. The molecule has 114 valence electrons. The van der Waals surface area contributed by atoms with Crippen molar-refractivity contribution in [1.82, 2.24) is 10.3 Å². The number of pyridine rings is 1. The van der Waals surface area contributed by atoms with Gasteiger partial charge in [-0.15, -0.1) is 0 Å². The molecule has 0 aliphatic carbocycles. The maximum atomic E-state index is 12.1. The maximum absolute atomic E-state index is 12.1. The van der Waals surface area contributed by atoms with Gasteiger partial charge in [-0.05, 0) is 35.6 Å². The number of carbonyl (C=O) groups is 1. The molecule has 1 aliphatic heterocycles. The van der Waals surface area contributed by atoms with E-state index in [2.05, 4.69) is 22.4 Å². The summed E-state index contributed by atoms with van der Waals surface area (Å²) in [5.74, 6) is 0.0967. The van der Waals surface area contributed by atoms with Gasteiger partial charge >= 0.3 is 0 Å². The van der Waals surface area contributed by atoms with Crippen LogP contribution in [0.5, 0.6) is 0 Å². The summed E-state index contributed by atoms with van der Waals surface area (Å²) in [6, 6.07) is 12.2. The molecule has 1 atom stereocenters. The van der Waals surface area contributed by atoms with Crippen LogP contribution in [0.3, 0.4) is 0 Å². The van der Waals surface area contributed by atoms with Crippen LogP contribution in [-0.2, 0) is 16.1 Å². The van der Waals surface area contributed by atoms with Crippen molar-refractivity contribution in [1.29, 1.82) is 0 Å². The van der Waals surface area contributed by atoms with Gasteiger partial charge < -0.3 is 10.1 Å². The van der Waals surface area contributed by atoms with Crippen LogP contribution in [0.15, 0.2) is 48.8 Å². The third-order valence-corrected chi connectivity index (χ3v) is 3.95. The molecule has 1 aromatic heterocycles. The van der Waals surface area contributed by atoms with E-state index in [1.807, 2.05) is 30.5 Å². The van der Waals surface area contributed by atoms with E-state index >= 15 is 0 Å². The zero-order valence-electron chi connectivity index (χ0n) is 12.5. The summed E-state index contributed by atoms with van der Waals surface area (Å²) >= 11 is 0. The molecule has 1 N–H and O–H groups in total. The average Bonchev–Trinajstić information content (AvgIpc) is 2.61. The lowest BCUT2D eigenvalue weighted by Crippen LogP contribution is -2.35. The molecule has 1 unspecified atom stereocenters. The fourth-order valence-electron chi connectivity index (χ4n) is 2.63. The fourth-order valence-corrected chi connectivity index (χ4v) is 2.63. The molecule has 4 heteroatoms. The number of nitrogens with zero attached hydrogens (tertiary/aromatic N) is 1. The van der Waals surface area contributed by atoms with Gasteiger partial charge in [-0.3, -0.25) is 9.78 Å². The molecule has 1 saturated heterocycles. The van der Waals surface area contributed by atoms with Gasteiger partial charge in [0.25, 0.3) is 0 Å². The number of amides is 1. The summed E-state index contributed by atoms with van der Waals surface area (Å²) in [5, 5.41) is 3.00. The average molecular weight is 296 g/mol. The minimum atomic E-state index is 0.00316. The zero-order chi connectivity index (χ0) is 15.2. The molecule has 1 fully saturated rings. The Kier molecular flexibility index (Phi) is 4.81. The Bertz CT molecular complexity index is 605. The highest BCUT2D eigenvalue weighted by atomic mass is 16.5. The summed E-state index contributed by atoms with van der Waals surface area (Å²) in [5.41, 5.74) is 3.32. The predicted molar refractivity (Wildman–Crippen MR) is 85.1 cm³/mol. The monoisotopic (exact) mass is 296 g/mol. The van der Waals surface area contributed by atoms with E-state index in [1.165, 1.54) is 0 Å². The topological polar surface area (TPSA) is 51.2 Å². The van der Waals surface area contributed by atoms with E-state index in [4.69, 9.17) is 4.74 Å². The molecule has 4 nitrogen and oxygen atoms in total. The number of hydrogen-bond donors (Lipinski definition) is 1. The molecular weight excluding hydrogens is 276 g/mol. The Balaban J connectivity index is 1.56. The second kappa shape index (κ2) is 7.18. The van der Waals surface area contributed by atoms with Crippen molar-refractivity contribution in [3.05, 3.63) is 54.4 Å². The minimum Gasteiger partial charge on any atom is -0.381 e. The van der Waals surface area contributed by atoms with Gasteiger partial charge in [0, 0.05) is 25.5 Å². The van der Waals surface area contributed by atoms with E-state index in [9.17, 15) is 4.79 Å². The molecule has 2 aromatic rings. The first kappa shape index (κ1) is 14.7. The molecule has 22 heavy (non-hydrogen) atoms. The zero-order valence-corrected chi connectivity index (χ0v) is 12.5. The first-order valence-corrected chi connectivity index (χ1v) is 7.68. The first-order chi connectivity index (χ1) is 10.8. The van der Waals surface area contributed by atoms with E-state index in [0.717, 1.165) is 36.1 Å². The van der Waals surface area contributed by atoms with E-state index in [0.29, 0.717) is 13.2 Å². The van der Waals surface area contributed by atoms with Crippen LogP contribution in [-0.4, -0.2) is 24.1 Å². The number of aromatic nitrogens is 1. The van der Waals surface area contributed by atoms with E-state index < -0.39 is 0 Å². The molecule has 1 amide bonds. The second-order valence-electron chi connectivity index (χ2n) is 5.57. The lowest BCUT2D eigenvalue weighted by atomic mass is 10.0. The third kappa shape index (κ3) is 3.71. The van der Waals surface area contributed by atoms with Crippen LogP contribution < -0.4 is 5.32 Å². The Morgan fingerprint density at radius 3 is 2.77 bits per heavy atom. The Morgan fingerprint density at radius 1 is 1.23 bits per heavy atom. The summed E-state index contributed by atoms with van der Waals surface area (Å²) < 4.78 is 5.35. The van der Waals surface area contributed by atoms with Crippen molar-refractivity contribution < 1.29 is 9.53 Å². The van der Waals surface area contributed by atoms with Crippen LogP contribution in [0.4, 0.5) is 0 Å². The van der Waals surface area contributed by atoms with Crippen LogP contribution in [0, 0.1) is 5.92 Å². The second-order valence-corrected chi connectivity index (χ2v) is 5.57. The molecule has 0 bridgehead atoms. The van der Waals surface area contributed by atoms with Gasteiger partial charge in [-0.25, -0.2) is 0 Å². The maximum Gasteiger partial charge on any atom is 0.225 e. The van der Waals surface area contributed by atoms with Crippen LogP contribution >= 0.6 is 0 Å². The Labute approximate surface area is 130 Å². The third-order valence-electron chi connectivity index (χ3n) is 3.95. The molecule has 1 aliphatic rings. The largest absolute Gasteiger partial charge is 0.381 e. The van der Waals surface area contributed by atoms with Gasteiger partial charge in [0.15, 0.2) is 0 Å². The minimum absolute atomic E-state index is 0.00316. The Hall–Kier alpha value is -2.20. The lowest BCUT2D eigenvalue weighted by Gasteiger charge is -2.21. The normalized spacial score (nSPS) is 17.9. The highest BCUT2D eigenvalue weighted by Gasteiger charge is 2.21. The van der Waals surface area contributed by atoms with Gasteiger partial charge in [-0.2, -0.15) is 0 Å². The van der Waals surface area contributed by atoms with Gasteiger partial charge in [0.05, 0.1) is 12.5 Å². The predicted octanol–water partition coefficient (Wildman–Crippen LogP) is 2.79. The quantitative estimate of drug-likeness (QED) is 0.944. The number of rotatable bonds is 4. The molecule has 0 radical (unpaired) electrons. The van der Waals surface area contributed by atoms with E-state index in [-0.39, 0.29) is 11.8 Å². The van der Waals surface area contributed by atoms with Crippen molar-refractivity contribution >= 4 is 5.91 Å². The smallest absolute Gasteiger partial charge is 0.225 e.